The monoisotopic (exact) mass is 228 g/mol. The number of hydrogen-bond donors (Lipinski definition) is 1. The molecule has 0 bridgehead atoms. The van der Waals surface area contributed by atoms with Crippen molar-refractivity contribution in [1.82, 2.24) is 4.98 Å². The van der Waals surface area contributed by atoms with Gasteiger partial charge in [-0.1, -0.05) is 6.92 Å². The van der Waals surface area contributed by atoms with Gasteiger partial charge < -0.3 is 5.73 Å². The largest absolute Gasteiger partial charge is 0.369 e. The number of carbonyl (C=O) groups excluding carboxylic acids is 1. The van der Waals surface area contributed by atoms with Gasteiger partial charge in [0.05, 0.1) is 17.1 Å². The Labute approximate surface area is 88.2 Å². The number of nitrogens with two attached hydrogens (primary N) is 1. The molecule has 0 fully saturated rings. The first-order chi connectivity index (χ1) is 6.95. The summed E-state index contributed by atoms with van der Waals surface area (Å²) in [7, 11) is -3.22. The average Bonchev–Trinajstić information content (AvgIpc) is 2.18. The second kappa shape index (κ2) is 4.39. The lowest BCUT2D eigenvalue weighted by Crippen LogP contribution is -2.14. The molecule has 1 aromatic heterocycles. The maximum absolute atomic E-state index is 11.4. The standard InChI is InChI=1S/C9H12N2O3S/c1-2-15(13,14)8-4-3-7(11-6-8)5-9(10)12/h3-4,6H,2,5H2,1H3,(H2,10,12). The Morgan fingerprint density at radius 2 is 2.13 bits per heavy atom. The lowest BCUT2D eigenvalue weighted by molar-refractivity contribution is -0.117. The third-order valence-corrected chi connectivity index (χ3v) is 3.61. The van der Waals surface area contributed by atoms with Crippen molar-refractivity contribution in [3.05, 3.63) is 24.0 Å². The van der Waals surface area contributed by atoms with Crippen LogP contribution in [0.1, 0.15) is 12.6 Å². The first kappa shape index (κ1) is 11.6. The first-order valence-electron chi connectivity index (χ1n) is 4.41. The van der Waals surface area contributed by atoms with E-state index in [0.717, 1.165) is 0 Å². The van der Waals surface area contributed by atoms with E-state index in [2.05, 4.69) is 4.98 Å². The molecule has 1 aromatic rings. The van der Waals surface area contributed by atoms with Gasteiger partial charge in [-0.3, -0.25) is 9.78 Å². The number of rotatable bonds is 4. The van der Waals surface area contributed by atoms with E-state index < -0.39 is 15.7 Å². The fraction of sp³-hybridized carbons (Fsp3) is 0.333. The summed E-state index contributed by atoms with van der Waals surface area (Å²) in [5, 5.41) is 0. The molecule has 0 unspecified atom stereocenters. The second-order valence-electron chi connectivity index (χ2n) is 3.03. The van der Waals surface area contributed by atoms with Gasteiger partial charge >= 0.3 is 0 Å². The summed E-state index contributed by atoms with van der Waals surface area (Å²) in [5.41, 5.74) is 5.45. The summed E-state index contributed by atoms with van der Waals surface area (Å²) < 4.78 is 22.8. The van der Waals surface area contributed by atoms with Crippen LogP contribution < -0.4 is 5.73 Å². The summed E-state index contributed by atoms with van der Waals surface area (Å²) in [6.45, 7) is 1.56. The van der Waals surface area contributed by atoms with Crippen LogP contribution in [0.3, 0.4) is 0 Å². The molecule has 0 saturated heterocycles. The van der Waals surface area contributed by atoms with E-state index in [1.807, 2.05) is 0 Å². The molecule has 0 aliphatic heterocycles. The van der Waals surface area contributed by atoms with Gasteiger partial charge in [0.15, 0.2) is 9.84 Å². The molecule has 1 amide bonds. The zero-order chi connectivity index (χ0) is 11.5. The highest BCUT2D eigenvalue weighted by Crippen LogP contribution is 2.09. The summed E-state index contributed by atoms with van der Waals surface area (Å²) in [6.07, 6.45) is 1.27. The van der Waals surface area contributed by atoms with Gasteiger partial charge in [-0.05, 0) is 12.1 Å². The van der Waals surface area contributed by atoms with Crippen molar-refractivity contribution >= 4 is 15.7 Å². The van der Waals surface area contributed by atoms with Gasteiger partial charge in [-0.15, -0.1) is 0 Å². The van der Waals surface area contributed by atoms with E-state index in [-0.39, 0.29) is 17.1 Å². The van der Waals surface area contributed by atoms with Crippen molar-refractivity contribution in [1.29, 1.82) is 0 Å². The number of hydrogen-bond acceptors (Lipinski definition) is 4. The highest BCUT2D eigenvalue weighted by atomic mass is 32.2. The molecule has 6 heteroatoms. The van der Waals surface area contributed by atoms with Gasteiger partial charge in [-0.2, -0.15) is 0 Å². The maximum atomic E-state index is 11.4. The van der Waals surface area contributed by atoms with Crippen LogP contribution in [-0.2, 0) is 21.1 Å². The number of carbonyl (C=O) groups is 1. The van der Waals surface area contributed by atoms with Crippen LogP contribution in [0, 0.1) is 0 Å². The van der Waals surface area contributed by atoms with Crippen molar-refractivity contribution in [2.45, 2.75) is 18.2 Å². The van der Waals surface area contributed by atoms with E-state index in [4.69, 9.17) is 5.73 Å². The summed E-state index contributed by atoms with van der Waals surface area (Å²) in [6, 6.07) is 2.93. The highest BCUT2D eigenvalue weighted by molar-refractivity contribution is 7.91. The maximum Gasteiger partial charge on any atom is 0.223 e. The quantitative estimate of drug-likeness (QED) is 0.779. The molecule has 1 rings (SSSR count). The molecule has 1 heterocycles. The van der Waals surface area contributed by atoms with Crippen molar-refractivity contribution in [3.8, 4) is 0 Å². The molecule has 2 N–H and O–H groups in total. The molecule has 0 atom stereocenters. The molecule has 0 aromatic carbocycles. The van der Waals surface area contributed by atoms with Crippen LogP contribution in [0.5, 0.6) is 0 Å². The van der Waals surface area contributed by atoms with Gasteiger partial charge in [-0.25, -0.2) is 8.42 Å². The van der Waals surface area contributed by atoms with E-state index in [0.29, 0.717) is 5.69 Å². The van der Waals surface area contributed by atoms with Crippen LogP contribution in [0.2, 0.25) is 0 Å². The number of primary amides is 1. The minimum atomic E-state index is -3.22. The summed E-state index contributed by atoms with van der Waals surface area (Å²) in [4.78, 5) is 14.6. The van der Waals surface area contributed by atoms with Gasteiger partial charge in [0, 0.05) is 11.9 Å². The van der Waals surface area contributed by atoms with E-state index in [9.17, 15) is 13.2 Å². The SMILES string of the molecule is CCS(=O)(=O)c1ccc(CC(N)=O)nc1. The third-order valence-electron chi connectivity index (χ3n) is 1.89. The highest BCUT2D eigenvalue weighted by Gasteiger charge is 2.11. The third kappa shape index (κ3) is 3.02. The van der Waals surface area contributed by atoms with E-state index >= 15 is 0 Å². The van der Waals surface area contributed by atoms with Crippen LogP contribution in [-0.4, -0.2) is 25.1 Å². The van der Waals surface area contributed by atoms with Crippen LogP contribution >= 0.6 is 0 Å². The number of aromatic nitrogens is 1. The Morgan fingerprint density at radius 3 is 2.53 bits per heavy atom. The molecule has 15 heavy (non-hydrogen) atoms. The normalized spacial score (nSPS) is 11.3. The van der Waals surface area contributed by atoms with Crippen LogP contribution in [0.4, 0.5) is 0 Å². The molecule has 82 valence electrons. The first-order valence-corrected chi connectivity index (χ1v) is 6.07. The van der Waals surface area contributed by atoms with Crippen molar-refractivity contribution in [2.24, 2.45) is 5.73 Å². The molecular formula is C9H12N2O3S. The molecule has 0 spiro atoms. The zero-order valence-corrected chi connectivity index (χ0v) is 9.12. The molecule has 0 radical (unpaired) electrons. The number of sulfone groups is 1. The predicted octanol–water partition coefficient (Wildman–Crippen LogP) is -0.0970. The van der Waals surface area contributed by atoms with Gasteiger partial charge in [0.1, 0.15) is 0 Å². The average molecular weight is 228 g/mol. The number of pyridine rings is 1. The number of amides is 1. The van der Waals surface area contributed by atoms with Crippen molar-refractivity contribution in [2.75, 3.05) is 5.75 Å². The Hall–Kier alpha value is -1.43. The number of nitrogens with zero attached hydrogens (tertiary/aromatic N) is 1. The topological polar surface area (TPSA) is 90.1 Å². The van der Waals surface area contributed by atoms with Gasteiger partial charge in [0.25, 0.3) is 0 Å². The second-order valence-corrected chi connectivity index (χ2v) is 5.31. The lowest BCUT2D eigenvalue weighted by atomic mass is 10.3. The summed E-state index contributed by atoms with van der Waals surface area (Å²) >= 11 is 0. The smallest absolute Gasteiger partial charge is 0.223 e. The summed E-state index contributed by atoms with van der Waals surface area (Å²) in [5.74, 6) is -0.460. The Kier molecular flexibility index (Phi) is 3.41. The van der Waals surface area contributed by atoms with Crippen molar-refractivity contribution in [3.63, 3.8) is 0 Å². The lowest BCUT2D eigenvalue weighted by Gasteiger charge is -2.01. The molecule has 0 aliphatic carbocycles. The fourth-order valence-corrected chi connectivity index (χ4v) is 1.87. The van der Waals surface area contributed by atoms with Gasteiger partial charge in [0.2, 0.25) is 5.91 Å². The van der Waals surface area contributed by atoms with Crippen LogP contribution in [0.15, 0.2) is 23.2 Å². The molecule has 0 saturated carbocycles. The Morgan fingerprint density at radius 1 is 1.47 bits per heavy atom. The Balaban J connectivity index is 2.95. The minimum absolute atomic E-state index is 0.0203. The molecular weight excluding hydrogens is 216 g/mol. The van der Waals surface area contributed by atoms with Crippen molar-refractivity contribution < 1.29 is 13.2 Å². The molecule has 0 aliphatic rings. The van der Waals surface area contributed by atoms with E-state index in [1.165, 1.54) is 18.3 Å². The fourth-order valence-electron chi connectivity index (χ4n) is 1.04. The van der Waals surface area contributed by atoms with Crippen LogP contribution in [0.25, 0.3) is 0 Å². The minimum Gasteiger partial charge on any atom is -0.369 e. The van der Waals surface area contributed by atoms with E-state index in [1.54, 1.807) is 6.92 Å². The zero-order valence-electron chi connectivity index (χ0n) is 8.30. The Bertz CT molecular complexity index is 451. The predicted molar refractivity (Wildman–Crippen MR) is 54.9 cm³/mol. The molecule has 5 nitrogen and oxygen atoms in total.